The van der Waals surface area contributed by atoms with E-state index in [1.807, 2.05) is 6.07 Å². The molecular weight excluding hydrogens is 270 g/mol. The van der Waals surface area contributed by atoms with Crippen LogP contribution in [0.1, 0.15) is 18.4 Å². The molecule has 1 aromatic carbocycles. The Labute approximate surface area is 123 Å². The Hall–Kier alpha value is -2.55. The smallest absolute Gasteiger partial charge is 0.321 e. The second-order valence-electron chi connectivity index (χ2n) is 4.93. The lowest BCUT2D eigenvalue weighted by Crippen LogP contribution is -2.44. The molecule has 0 saturated carbocycles. The summed E-state index contributed by atoms with van der Waals surface area (Å²) in [6.45, 7) is 0.966. The number of carbonyl (C=O) groups excluding carboxylic acids is 2. The summed E-state index contributed by atoms with van der Waals surface area (Å²) in [5.41, 5.74) is 1.05. The average molecular weight is 287 g/mol. The molecule has 0 spiro atoms. The second kappa shape index (κ2) is 6.75. The highest BCUT2D eigenvalue weighted by molar-refractivity contribution is 5.90. The van der Waals surface area contributed by atoms with Gasteiger partial charge in [-0.25, -0.2) is 4.79 Å². The number of carbonyl (C=O) groups is 2. The van der Waals surface area contributed by atoms with Gasteiger partial charge in [0.15, 0.2) is 0 Å². The number of likely N-dealkylation sites (tertiary alicyclic amines) is 1. The van der Waals surface area contributed by atoms with Gasteiger partial charge in [0.25, 0.3) is 0 Å². The standard InChI is InChI=1S/C15H17N3O3/c1-21-14(19)12-5-3-7-18(10-12)15(20)17-13-6-2-4-11(8-13)9-16/h2,4,6,8,12H,3,5,7,10H2,1H3,(H,17,20). The quantitative estimate of drug-likeness (QED) is 0.843. The molecule has 0 aliphatic carbocycles. The molecule has 1 fully saturated rings. The maximum absolute atomic E-state index is 12.2. The molecular formula is C15H17N3O3. The zero-order chi connectivity index (χ0) is 15.2. The lowest BCUT2D eigenvalue weighted by molar-refractivity contribution is -0.146. The first-order valence-corrected chi connectivity index (χ1v) is 6.78. The van der Waals surface area contributed by atoms with Gasteiger partial charge in [-0.3, -0.25) is 4.79 Å². The summed E-state index contributed by atoms with van der Waals surface area (Å²) in [6, 6.07) is 8.47. The van der Waals surface area contributed by atoms with Crippen molar-refractivity contribution >= 4 is 17.7 Å². The van der Waals surface area contributed by atoms with Crippen molar-refractivity contribution in [3.63, 3.8) is 0 Å². The molecule has 2 amide bonds. The number of piperidine rings is 1. The predicted octanol–water partition coefficient (Wildman–Crippen LogP) is 1.98. The van der Waals surface area contributed by atoms with E-state index in [0.29, 0.717) is 24.3 Å². The Morgan fingerprint density at radius 1 is 1.48 bits per heavy atom. The third-order valence-electron chi connectivity index (χ3n) is 3.49. The number of ether oxygens (including phenoxy) is 1. The average Bonchev–Trinajstić information content (AvgIpc) is 2.54. The molecule has 1 unspecified atom stereocenters. The zero-order valence-corrected chi connectivity index (χ0v) is 11.8. The molecule has 1 heterocycles. The third-order valence-corrected chi connectivity index (χ3v) is 3.49. The highest BCUT2D eigenvalue weighted by Crippen LogP contribution is 2.19. The Bertz CT molecular complexity index is 580. The van der Waals surface area contributed by atoms with Crippen molar-refractivity contribution in [2.45, 2.75) is 12.8 Å². The van der Waals surface area contributed by atoms with E-state index in [-0.39, 0.29) is 17.9 Å². The number of urea groups is 1. The summed E-state index contributed by atoms with van der Waals surface area (Å²) in [4.78, 5) is 25.4. The number of esters is 1. The highest BCUT2D eigenvalue weighted by Gasteiger charge is 2.29. The molecule has 1 aliphatic heterocycles. The minimum atomic E-state index is -0.279. The number of nitrogens with one attached hydrogen (secondary N) is 1. The molecule has 110 valence electrons. The summed E-state index contributed by atoms with van der Waals surface area (Å²) in [7, 11) is 1.36. The van der Waals surface area contributed by atoms with Crippen LogP contribution in [0.4, 0.5) is 10.5 Å². The molecule has 1 aliphatic rings. The maximum atomic E-state index is 12.2. The van der Waals surface area contributed by atoms with Gasteiger partial charge in [0.2, 0.25) is 0 Å². The van der Waals surface area contributed by atoms with Crippen molar-refractivity contribution in [2.24, 2.45) is 5.92 Å². The van der Waals surface area contributed by atoms with E-state index in [2.05, 4.69) is 5.32 Å². The molecule has 1 saturated heterocycles. The minimum absolute atomic E-state index is 0.264. The van der Waals surface area contributed by atoms with Crippen LogP contribution in [-0.4, -0.2) is 37.1 Å². The van der Waals surface area contributed by atoms with Crippen LogP contribution in [0.3, 0.4) is 0 Å². The summed E-state index contributed by atoms with van der Waals surface area (Å²) in [5.74, 6) is -0.543. The van der Waals surface area contributed by atoms with E-state index in [1.54, 1.807) is 29.2 Å². The number of nitrogens with zero attached hydrogens (tertiary/aromatic N) is 2. The summed E-state index contributed by atoms with van der Waals surface area (Å²) < 4.78 is 4.73. The van der Waals surface area contributed by atoms with Gasteiger partial charge in [-0.2, -0.15) is 5.26 Å². The van der Waals surface area contributed by atoms with Crippen molar-refractivity contribution in [3.8, 4) is 6.07 Å². The van der Waals surface area contributed by atoms with Gasteiger partial charge in [-0.05, 0) is 31.0 Å². The molecule has 0 radical (unpaired) electrons. The van der Waals surface area contributed by atoms with Crippen LogP contribution in [-0.2, 0) is 9.53 Å². The maximum Gasteiger partial charge on any atom is 0.321 e. The van der Waals surface area contributed by atoms with E-state index in [9.17, 15) is 9.59 Å². The Morgan fingerprint density at radius 2 is 2.29 bits per heavy atom. The van der Waals surface area contributed by atoms with E-state index >= 15 is 0 Å². The second-order valence-corrected chi connectivity index (χ2v) is 4.93. The number of benzene rings is 1. The molecule has 6 nitrogen and oxygen atoms in total. The van der Waals surface area contributed by atoms with E-state index in [0.717, 1.165) is 12.8 Å². The SMILES string of the molecule is COC(=O)C1CCCN(C(=O)Nc2cccc(C#N)c2)C1. The molecule has 0 bridgehead atoms. The molecule has 1 atom stereocenters. The van der Waals surface area contributed by atoms with Crippen LogP contribution in [0.5, 0.6) is 0 Å². The van der Waals surface area contributed by atoms with Gasteiger partial charge in [0.1, 0.15) is 0 Å². The third kappa shape index (κ3) is 3.72. The fraction of sp³-hybridized carbons (Fsp3) is 0.400. The number of rotatable bonds is 2. The molecule has 1 aromatic rings. The van der Waals surface area contributed by atoms with Crippen molar-refractivity contribution in [2.75, 3.05) is 25.5 Å². The Kier molecular flexibility index (Phi) is 4.77. The summed E-state index contributed by atoms with van der Waals surface area (Å²) in [5, 5.41) is 11.6. The number of nitriles is 1. The first-order valence-electron chi connectivity index (χ1n) is 6.78. The van der Waals surface area contributed by atoms with Crippen molar-refractivity contribution in [3.05, 3.63) is 29.8 Å². The predicted molar refractivity (Wildman–Crippen MR) is 76.5 cm³/mol. The van der Waals surface area contributed by atoms with Gasteiger partial charge in [-0.1, -0.05) is 6.07 Å². The number of hydrogen-bond donors (Lipinski definition) is 1. The van der Waals surface area contributed by atoms with Crippen molar-refractivity contribution in [1.82, 2.24) is 4.90 Å². The van der Waals surface area contributed by atoms with Gasteiger partial charge < -0.3 is 15.0 Å². The highest BCUT2D eigenvalue weighted by atomic mass is 16.5. The normalized spacial score (nSPS) is 17.7. The van der Waals surface area contributed by atoms with Gasteiger partial charge in [0.05, 0.1) is 24.7 Å². The molecule has 0 aromatic heterocycles. The first-order chi connectivity index (χ1) is 10.1. The molecule has 6 heteroatoms. The number of methoxy groups -OCH3 is 1. The van der Waals surface area contributed by atoms with Crippen LogP contribution in [0.15, 0.2) is 24.3 Å². The Morgan fingerprint density at radius 3 is 3.00 bits per heavy atom. The van der Waals surface area contributed by atoms with Gasteiger partial charge >= 0.3 is 12.0 Å². The number of anilines is 1. The fourth-order valence-electron chi connectivity index (χ4n) is 2.39. The number of hydrogen-bond acceptors (Lipinski definition) is 4. The lowest BCUT2D eigenvalue weighted by atomic mass is 9.98. The van der Waals surface area contributed by atoms with Crippen LogP contribution in [0.2, 0.25) is 0 Å². The Balaban J connectivity index is 1.99. The van der Waals surface area contributed by atoms with Gasteiger partial charge in [0, 0.05) is 18.8 Å². The van der Waals surface area contributed by atoms with E-state index in [4.69, 9.17) is 10.00 Å². The molecule has 2 rings (SSSR count). The van der Waals surface area contributed by atoms with E-state index in [1.165, 1.54) is 7.11 Å². The van der Waals surface area contributed by atoms with E-state index < -0.39 is 0 Å². The monoisotopic (exact) mass is 287 g/mol. The van der Waals surface area contributed by atoms with Crippen molar-refractivity contribution in [1.29, 1.82) is 5.26 Å². The van der Waals surface area contributed by atoms with Crippen molar-refractivity contribution < 1.29 is 14.3 Å². The summed E-state index contributed by atoms with van der Waals surface area (Å²) >= 11 is 0. The summed E-state index contributed by atoms with van der Waals surface area (Å²) in [6.07, 6.45) is 1.51. The van der Waals surface area contributed by atoms with Crippen LogP contribution in [0.25, 0.3) is 0 Å². The van der Waals surface area contributed by atoms with Crippen LogP contribution >= 0.6 is 0 Å². The largest absolute Gasteiger partial charge is 0.469 e. The first kappa shape index (κ1) is 14.9. The lowest BCUT2D eigenvalue weighted by Gasteiger charge is -2.31. The van der Waals surface area contributed by atoms with Gasteiger partial charge in [-0.15, -0.1) is 0 Å². The van der Waals surface area contributed by atoms with Crippen LogP contribution < -0.4 is 5.32 Å². The molecule has 1 N–H and O–H groups in total. The topological polar surface area (TPSA) is 82.4 Å². The fourth-order valence-corrected chi connectivity index (χ4v) is 2.39. The zero-order valence-electron chi connectivity index (χ0n) is 11.8. The van der Waals surface area contributed by atoms with Crippen LogP contribution in [0, 0.1) is 17.2 Å². The number of amides is 2. The minimum Gasteiger partial charge on any atom is -0.469 e. The molecule has 21 heavy (non-hydrogen) atoms.